The molecule has 0 aromatic carbocycles. The maximum absolute atomic E-state index is 11.8. The lowest BCUT2D eigenvalue weighted by molar-refractivity contribution is 0.0925. The standard InChI is InChI=1S/C12H17N3O.2ClH/c13-10-3-5-11(6-4-10)15-12(16)9-2-1-7-14-8-9;;/h1-2,7-8,10-11H,3-6,13H2,(H,15,16);2*1H. The fourth-order valence-electron chi connectivity index (χ4n) is 2.03. The molecule has 1 aliphatic carbocycles. The molecule has 0 bridgehead atoms. The second-order valence-corrected chi connectivity index (χ2v) is 4.33. The van der Waals surface area contributed by atoms with E-state index < -0.39 is 0 Å². The molecule has 0 spiro atoms. The van der Waals surface area contributed by atoms with Crippen LogP contribution in [0.25, 0.3) is 0 Å². The number of hydrogen-bond donors (Lipinski definition) is 2. The molecule has 3 N–H and O–H groups in total. The number of carbonyl (C=O) groups excluding carboxylic acids is 1. The van der Waals surface area contributed by atoms with Gasteiger partial charge in [-0.15, -0.1) is 24.8 Å². The molecule has 102 valence electrons. The monoisotopic (exact) mass is 291 g/mol. The van der Waals surface area contributed by atoms with Crippen LogP contribution in [0.3, 0.4) is 0 Å². The lowest BCUT2D eigenvalue weighted by Gasteiger charge is -2.26. The van der Waals surface area contributed by atoms with E-state index in [4.69, 9.17) is 5.73 Å². The van der Waals surface area contributed by atoms with Gasteiger partial charge in [0.2, 0.25) is 0 Å². The Balaban J connectivity index is 0.00000144. The summed E-state index contributed by atoms with van der Waals surface area (Å²) in [5.41, 5.74) is 6.44. The van der Waals surface area contributed by atoms with E-state index in [-0.39, 0.29) is 36.8 Å². The number of hydrogen-bond acceptors (Lipinski definition) is 3. The summed E-state index contributed by atoms with van der Waals surface area (Å²) in [6.07, 6.45) is 7.20. The summed E-state index contributed by atoms with van der Waals surface area (Å²) in [5, 5.41) is 3.02. The van der Waals surface area contributed by atoms with E-state index in [2.05, 4.69) is 10.3 Å². The Bertz CT molecular complexity index is 354. The maximum atomic E-state index is 11.8. The van der Waals surface area contributed by atoms with Gasteiger partial charge in [-0.25, -0.2) is 0 Å². The van der Waals surface area contributed by atoms with E-state index in [1.54, 1.807) is 24.5 Å². The Morgan fingerprint density at radius 3 is 2.50 bits per heavy atom. The topological polar surface area (TPSA) is 68.0 Å². The average Bonchev–Trinajstić information content (AvgIpc) is 2.33. The van der Waals surface area contributed by atoms with E-state index >= 15 is 0 Å². The minimum absolute atomic E-state index is 0. The SMILES string of the molecule is Cl.Cl.NC1CCC(NC(=O)c2cccnc2)CC1. The molecule has 18 heavy (non-hydrogen) atoms. The summed E-state index contributed by atoms with van der Waals surface area (Å²) in [7, 11) is 0. The zero-order chi connectivity index (χ0) is 11.4. The van der Waals surface area contributed by atoms with E-state index in [1.807, 2.05) is 0 Å². The second-order valence-electron chi connectivity index (χ2n) is 4.33. The molecule has 6 heteroatoms. The highest BCUT2D eigenvalue weighted by molar-refractivity contribution is 5.94. The first-order chi connectivity index (χ1) is 7.75. The summed E-state index contributed by atoms with van der Waals surface area (Å²) in [5.74, 6) is -0.0337. The largest absolute Gasteiger partial charge is 0.349 e. The molecule has 1 aromatic heterocycles. The highest BCUT2D eigenvalue weighted by Gasteiger charge is 2.20. The number of nitrogens with zero attached hydrogens (tertiary/aromatic N) is 1. The van der Waals surface area contributed by atoms with Crippen molar-refractivity contribution < 1.29 is 4.79 Å². The first-order valence-electron chi connectivity index (χ1n) is 5.72. The smallest absolute Gasteiger partial charge is 0.253 e. The molecular formula is C12H19Cl2N3O. The van der Waals surface area contributed by atoms with Gasteiger partial charge in [0.15, 0.2) is 0 Å². The third-order valence-electron chi connectivity index (χ3n) is 3.03. The first-order valence-corrected chi connectivity index (χ1v) is 5.72. The van der Waals surface area contributed by atoms with E-state index in [1.165, 1.54) is 0 Å². The Kier molecular flexibility index (Phi) is 7.91. The third kappa shape index (κ3) is 4.80. The van der Waals surface area contributed by atoms with Crippen LogP contribution in [-0.2, 0) is 0 Å². The van der Waals surface area contributed by atoms with Crippen LogP contribution in [0.4, 0.5) is 0 Å². The van der Waals surface area contributed by atoms with Crippen LogP contribution in [0.1, 0.15) is 36.0 Å². The number of nitrogens with two attached hydrogens (primary N) is 1. The van der Waals surface area contributed by atoms with Crippen LogP contribution in [0, 0.1) is 0 Å². The van der Waals surface area contributed by atoms with Crippen molar-refractivity contribution in [3.05, 3.63) is 30.1 Å². The quantitative estimate of drug-likeness (QED) is 0.875. The molecule has 2 rings (SSSR count). The van der Waals surface area contributed by atoms with Gasteiger partial charge in [0.1, 0.15) is 0 Å². The van der Waals surface area contributed by atoms with Crippen LogP contribution in [-0.4, -0.2) is 23.0 Å². The molecule has 0 aliphatic heterocycles. The van der Waals surface area contributed by atoms with Crippen molar-refractivity contribution in [2.75, 3.05) is 0 Å². The summed E-state index contributed by atoms with van der Waals surface area (Å²) < 4.78 is 0. The van der Waals surface area contributed by atoms with E-state index in [0.29, 0.717) is 11.6 Å². The predicted octanol–water partition coefficient (Wildman–Crippen LogP) is 1.92. The predicted molar refractivity (Wildman–Crippen MR) is 76.4 cm³/mol. The zero-order valence-electron chi connectivity index (χ0n) is 10.0. The molecule has 1 saturated carbocycles. The van der Waals surface area contributed by atoms with Gasteiger partial charge in [0, 0.05) is 24.5 Å². The number of pyridine rings is 1. The zero-order valence-corrected chi connectivity index (χ0v) is 11.7. The van der Waals surface area contributed by atoms with Crippen LogP contribution in [0.15, 0.2) is 24.5 Å². The van der Waals surface area contributed by atoms with Gasteiger partial charge >= 0.3 is 0 Å². The van der Waals surface area contributed by atoms with Gasteiger partial charge in [-0.3, -0.25) is 9.78 Å². The molecule has 0 atom stereocenters. The van der Waals surface area contributed by atoms with Crippen LogP contribution < -0.4 is 11.1 Å². The number of amides is 1. The highest BCUT2D eigenvalue weighted by Crippen LogP contribution is 2.17. The number of halogens is 2. The van der Waals surface area contributed by atoms with Crippen molar-refractivity contribution in [3.8, 4) is 0 Å². The van der Waals surface area contributed by atoms with E-state index in [9.17, 15) is 4.79 Å². The molecular weight excluding hydrogens is 273 g/mol. The van der Waals surface area contributed by atoms with Gasteiger partial charge < -0.3 is 11.1 Å². The van der Waals surface area contributed by atoms with Crippen molar-refractivity contribution in [2.45, 2.75) is 37.8 Å². The van der Waals surface area contributed by atoms with Crippen LogP contribution >= 0.6 is 24.8 Å². The summed E-state index contributed by atoms with van der Waals surface area (Å²) in [4.78, 5) is 15.7. The molecule has 1 heterocycles. The first kappa shape index (κ1) is 17.2. The minimum Gasteiger partial charge on any atom is -0.349 e. The number of rotatable bonds is 2. The van der Waals surface area contributed by atoms with Gasteiger partial charge in [-0.05, 0) is 37.8 Å². The van der Waals surface area contributed by atoms with Gasteiger partial charge in [-0.1, -0.05) is 0 Å². The number of nitrogens with one attached hydrogen (secondary N) is 1. The third-order valence-corrected chi connectivity index (χ3v) is 3.03. The summed E-state index contributed by atoms with van der Waals surface area (Å²) in [6, 6.07) is 4.13. The van der Waals surface area contributed by atoms with Crippen molar-refractivity contribution in [3.63, 3.8) is 0 Å². The molecule has 1 amide bonds. The fraction of sp³-hybridized carbons (Fsp3) is 0.500. The molecule has 1 aromatic rings. The van der Waals surface area contributed by atoms with Crippen LogP contribution in [0.5, 0.6) is 0 Å². The minimum atomic E-state index is -0.0337. The number of aromatic nitrogens is 1. The van der Waals surface area contributed by atoms with Gasteiger partial charge in [0.05, 0.1) is 5.56 Å². The number of carbonyl (C=O) groups is 1. The lowest BCUT2D eigenvalue weighted by Crippen LogP contribution is -2.40. The van der Waals surface area contributed by atoms with Gasteiger partial charge in [0.25, 0.3) is 5.91 Å². The Labute approximate surface area is 120 Å². The molecule has 0 unspecified atom stereocenters. The molecule has 1 fully saturated rings. The highest BCUT2D eigenvalue weighted by atomic mass is 35.5. The molecule has 0 radical (unpaired) electrons. The lowest BCUT2D eigenvalue weighted by atomic mass is 9.92. The van der Waals surface area contributed by atoms with Crippen molar-refractivity contribution in [2.24, 2.45) is 5.73 Å². The Hall–Kier alpha value is -0.840. The van der Waals surface area contributed by atoms with Crippen molar-refractivity contribution in [1.82, 2.24) is 10.3 Å². The normalized spacial score (nSPS) is 22.3. The average molecular weight is 292 g/mol. The second kappa shape index (κ2) is 8.29. The van der Waals surface area contributed by atoms with E-state index in [0.717, 1.165) is 25.7 Å². The van der Waals surface area contributed by atoms with Crippen molar-refractivity contribution >= 4 is 30.7 Å². The van der Waals surface area contributed by atoms with Crippen LogP contribution in [0.2, 0.25) is 0 Å². The molecule has 1 aliphatic rings. The Morgan fingerprint density at radius 2 is 1.94 bits per heavy atom. The molecule has 0 saturated heterocycles. The molecule has 4 nitrogen and oxygen atoms in total. The summed E-state index contributed by atoms with van der Waals surface area (Å²) in [6.45, 7) is 0. The Morgan fingerprint density at radius 1 is 1.28 bits per heavy atom. The van der Waals surface area contributed by atoms with Crippen molar-refractivity contribution in [1.29, 1.82) is 0 Å². The fourth-order valence-corrected chi connectivity index (χ4v) is 2.03. The van der Waals surface area contributed by atoms with Gasteiger partial charge in [-0.2, -0.15) is 0 Å². The summed E-state index contributed by atoms with van der Waals surface area (Å²) >= 11 is 0. The maximum Gasteiger partial charge on any atom is 0.253 e.